The van der Waals surface area contributed by atoms with Gasteiger partial charge < -0.3 is 11.5 Å². The molecule has 4 N–H and O–H groups in total. The monoisotopic (exact) mass is 485 g/mol. The summed E-state index contributed by atoms with van der Waals surface area (Å²) < 4.78 is 53.2. The molecule has 0 aliphatic heterocycles. The van der Waals surface area contributed by atoms with Gasteiger partial charge in [-0.25, -0.2) is 9.07 Å². The van der Waals surface area contributed by atoms with E-state index in [-0.39, 0.29) is 29.2 Å². The van der Waals surface area contributed by atoms with E-state index in [4.69, 9.17) is 34.7 Å². The van der Waals surface area contributed by atoms with E-state index >= 15 is 0 Å². The van der Waals surface area contributed by atoms with Crippen LogP contribution in [-0.4, -0.2) is 15.7 Å². The number of nitrogens with two attached hydrogens (primary N) is 2. The number of carbonyl (C=O) groups excluding carboxylic acids is 1. The first kappa shape index (κ1) is 23.4. The highest BCUT2D eigenvalue weighted by Crippen LogP contribution is 2.39. The Hall–Kier alpha value is -3.29. The topological polar surface area (TPSA) is 111 Å². The molecule has 3 rings (SSSR count). The molecule has 12 heteroatoms. The lowest BCUT2D eigenvalue weighted by atomic mass is 9.91. The second kappa shape index (κ2) is 8.68. The molecule has 0 saturated heterocycles. The molecular formula is C20H13Cl2F4N5O. The molecule has 0 aliphatic rings. The molecule has 166 valence electrons. The Morgan fingerprint density at radius 3 is 2.22 bits per heavy atom. The van der Waals surface area contributed by atoms with Crippen LogP contribution in [0, 0.1) is 17.1 Å². The van der Waals surface area contributed by atoms with Gasteiger partial charge >= 0.3 is 6.18 Å². The van der Waals surface area contributed by atoms with Crippen molar-refractivity contribution in [2.45, 2.75) is 18.5 Å². The fraction of sp³-hybridized carbons (Fsp3) is 0.150. The molecule has 1 atom stereocenters. The number of nitriles is 1. The van der Waals surface area contributed by atoms with E-state index in [1.807, 2.05) is 0 Å². The summed E-state index contributed by atoms with van der Waals surface area (Å²) in [5, 5.41) is 12.7. The Bertz CT molecular complexity index is 1210. The van der Waals surface area contributed by atoms with Crippen LogP contribution in [0.1, 0.15) is 28.3 Å². The van der Waals surface area contributed by atoms with Crippen molar-refractivity contribution in [2.75, 3.05) is 5.73 Å². The van der Waals surface area contributed by atoms with Gasteiger partial charge in [-0.05, 0) is 36.2 Å². The number of carbonyl (C=O) groups is 1. The Balaban J connectivity index is 2.15. The first-order valence-corrected chi connectivity index (χ1v) is 9.58. The zero-order chi connectivity index (χ0) is 23.8. The van der Waals surface area contributed by atoms with Gasteiger partial charge in [0, 0.05) is 5.56 Å². The van der Waals surface area contributed by atoms with Crippen LogP contribution in [0.25, 0.3) is 5.69 Å². The number of alkyl halides is 3. The summed E-state index contributed by atoms with van der Waals surface area (Å²) in [6.07, 6.45) is -4.73. The van der Waals surface area contributed by atoms with E-state index in [2.05, 4.69) is 5.10 Å². The first-order valence-electron chi connectivity index (χ1n) is 8.83. The van der Waals surface area contributed by atoms with E-state index < -0.39 is 39.4 Å². The quantitative estimate of drug-likeness (QED) is 0.514. The molecular weight excluding hydrogens is 473 g/mol. The first-order chi connectivity index (χ1) is 14.9. The van der Waals surface area contributed by atoms with Gasteiger partial charge in [0.15, 0.2) is 5.69 Å². The van der Waals surface area contributed by atoms with Crippen molar-refractivity contribution >= 4 is 34.9 Å². The molecule has 3 aromatic rings. The second-order valence-corrected chi connectivity index (χ2v) is 7.56. The predicted molar refractivity (Wildman–Crippen MR) is 110 cm³/mol. The molecule has 0 fully saturated rings. The van der Waals surface area contributed by atoms with Crippen molar-refractivity contribution in [2.24, 2.45) is 5.73 Å². The fourth-order valence-electron chi connectivity index (χ4n) is 3.17. The molecule has 1 amide bonds. The number of benzene rings is 2. The molecule has 0 spiro atoms. The van der Waals surface area contributed by atoms with Gasteiger partial charge in [0.05, 0.1) is 21.5 Å². The van der Waals surface area contributed by atoms with Crippen LogP contribution in [0.15, 0.2) is 36.4 Å². The minimum Gasteiger partial charge on any atom is -0.383 e. The Labute approximate surface area is 188 Å². The smallest absolute Gasteiger partial charge is 0.383 e. The number of halogens is 6. The number of rotatable bonds is 5. The van der Waals surface area contributed by atoms with Crippen LogP contribution < -0.4 is 11.5 Å². The van der Waals surface area contributed by atoms with Gasteiger partial charge in [0.2, 0.25) is 5.91 Å². The summed E-state index contributed by atoms with van der Waals surface area (Å²) in [5.74, 6) is -2.73. The number of anilines is 1. The maximum atomic E-state index is 13.2. The van der Waals surface area contributed by atoms with E-state index in [1.54, 1.807) is 6.07 Å². The van der Waals surface area contributed by atoms with Crippen LogP contribution in [0.4, 0.5) is 23.4 Å². The van der Waals surface area contributed by atoms with E-state index in [9.17, 15) is 27.6 Å². The van der Waals surface area contributed by atoms with Crippen molar-refractivity contribution in [3.05, 3.63) is 74.6 Å². The van der Waals surface area contributed by atoms with E-state index in [0.29, 0.717) is 17.7 Å². The average molecular weight is 486 g/mol. The number of aromatic nitrogens is 2. The van der Waals surface area contributed by atoms with Gasteiger partial charge in [-0.15, -0.1) is 0 Å². The van der Waals surface area contributed by atoms with Gasteiger partial charge in [-0.2, -0.15) is 23.5 Å². The van der Waals surface area contributed by atoms with Crippen molar-refractivity contribution in [1.82, 2.24) is 9.78 Å². The Kier molecular flexibility index (Phi) is 6.34. The van der Waals surface area contributed by atoms with E-state index in [0.717, 1.165) is 4.68 Å². The molecule has 1 unspecified atom stereocenters. The lowest BCUT2D eigenvalue weighted by Crippen LogP contribution is -2.24. The third kappa shape index (κ3) is 4.49. The van der Waals surface area contributed by atoms with E-state index in [1.165, 1.54) is 24.3 Å². The maximum absolute atomic E-state index is 13.2. The standard InChI is InChI=1S/C20H13Cl2F4N5O/c21-13-6-10(20(24,25)26)7-14(22)17(13)31-18(28)16(15(8-27)30-31)12(19(29)32)5-9-1-3-11(23)4-2-9/h1-4,6-7,12H,5,28H2,(H2,29,32). The molecule has 0 radical (unpaired) electrons. The minimum absolute atomic E-state index is 0.0331. The largest absolute Gasteiger partial charge is 0.416 e. The number of nitrogens with zero attached hydrogens (tertiary/aromatic N) is 3. The summed E-state index contributed by atoms with van der Waals surface area (Å²) >= 11 is 12.1. The summed E-state index contributed by atoms with van der Waals surface area (Å²) in [4.78, 5) is 12.2. The number of hydrogen-bond acceptors (Lipinski definition) is 4. The molecule has 0 aliphatic carbocycles. The molecule has 6 nitrogen and oxygen atoms in total. The summed E-state index contributed by atoms with van der Waals surface area (Å²) in [5.41, 5.74) is 10.6. The summed E-state index contributed by atoms with van der Waals surface area (Å²) in [6, 6.07) is 8.30. The van der Waals surface area contributed by atoms with Crippen LogP contribution in [0.3, 0.4) is 0 Å². The van der Waals surface area contributed by atoms with Crippen LogP contribution >= 0.6 is 23.2 Å². The van der Waals surface area contributed by atoms with Crippen LogP contribution in [0.2, 0.25) is 10.0 Å². The number of nitrogen functional groups attached to an aromatic ring is 1. The zero-order valence-corrected chi connectivity index (χ0v) is 17.4. The Morgan fingerprint density at radius 1 is 1.19 bits per heavy atom. The average Bonchev–Trinajstić information content (AvgIpc) is 3.02. The fourth-order valence-corrected chi connectivity index (χ4v) is 3.82. The zero-order valence-electron chi connectivity index (χ0n) is 15.9. The number of primary amides is 1. The van der Waals surface area contributed by atoms with Crippen molar-refractivity contribution < 1.29 is 22.4 Å². The molecule has 0 saturated carbocycles. The van der Waals surface area contributed by atoms with Crippen LogP contribution in [-0.2, 0) is 17.4 Å². The summed E-state index contributed by atoms with van der Waals surface area (Å²) in [7, 11) is 0. The second-order valence-electron chi connectivity index (χ2n) is 6.74. The Morgan fingerprint density at radius 2 is 1.75 bits per heavy atom. The predicted octanol–water partition coefficient (Wildman–Crippen LogP) is 4.60. The molecule has 1 aromatic heterocycles. The molecule has 32 heavy (non-hydrogen) atoms. The number of amides is 1. The SMILES string of the molecule is N#Cc1nn(-c2c(Cl)cc(C(F)(F)F)cc2Cl)c(N)c1C(Cc1ccc(F)cc1)C(N)=O. The van der Waals surface area contributed by atoms with Gasteiger partial charge in [0.1, 0.15) is 23.4 Å². The lowest BCUT2D eigenvalue weighted by molar-refractivity contribution is -0.137. The molecule has 2 aromatic carbocycles. The number of hydrogen-bond donors (Lipinski definition) is 2. The highest BCUT2D eigenvalue weighted by molar-refractivity contribution is 6.38. The third-order valence-corrected chi connectivity index (χ3v) is 5.24. The molecule has 0 bridgehead atoms. The maximum Gasteiger partial charge on any atom is 0.416 e. The third-order valence-electron chi connectivity index (χ3n) is 4.67. The minimum atomic E-state index is -4.70. The highest BCUT2D eigenvalue weighted by Gasteiger charge is 2.34. The van der Waals surface area contributed by atoms with Gasteiger partial charge in [0.25, 0.3) is 0 Å². The van der Waals surface area contributed by atoms with Crippen molar-refractivity contribution in [3.8, 4) is 11.8 Å². The normalized spacial score (nSPS) is 12.4. The van der Waals surface area contributed by atoms with Gasteiger partial charge in [-0.3, -0.25) is 4.79 Å². The van der Waals surface area contributed by atoms with Gasteiger partial charge in [-0.1, -0.05) is 35.3 Å². The lowest BCUT2D eigenvalue weighted by Gasteiger charge is -2.15. The molecule has 1 heterocycles. The van der Waals surface area contributed by atoms with Crippen molar-refractivity contribution in [3.63, 3.8) is 0 Å². The summed E-state index contributed by atoms with van der Waals surface area (Å²) in [6.45, 7) is 0. The van der Waals surface area contributed by atoms with Crippen LogP contribution in [0.5, 0.6) is 0 Å². The van der Waals surface area contributed by atoms with Crippen molar-refractivity contribution in [1.29, 1.82) is 5.26 Å². The highest BCUT2D eigenvalue weighted by atomic mass is 35.5.